The molecular formula is C9H13BrN2O2. The van der Waals surface area contributed by atoms with Crippen LogP contribution in [0.2, 0.25) is 0 Å². The van der Waals surface area contributed by atoms with E-state index in [4.69, 9.17) is 15.2 Å². The zero-order chi connectivity index (χ0) is 10.6. The van der Waals surface area contributed by atoms with Gasteiger partial charge in [-0.05, 0) is 22.5 Å². The van der Waals surface area contributed by atoms with Crippen LogP contribution in [0.1, 0.15) is 5.69 Å². The molecule has 0 aliphatic carbocycles. The third-order valence-corrected chi connectivity index (χ3v) is 2.35. The number of pyridine rings is 1. The van der Waals surface area contributed by atoms with Crippen molar-refractivity contribution in [3.05, 3.63) is 16.2 Å². The van der Waals surface area contributed by atoms with Gasteiger partial charge in [-0.15, -0.1) is 0 Å². The number of aromatic nitrogens is 1. The second-order valence-electron chi connectivity index (χ2n) is 2.67. The smallest absolute Gasteiger partial charge is 0.228 e. The molecule has 1 aromatic heterocycles. The number of methoxy groups -OCH3 is 2. The molecule has 0 aliphatic heterocycles. The van der Waals surface area contributed by atoms with E-state index in [0.29, 0.717) is 18.8 Å². The number of nitrogens with zero attached hydrogens (tertiary/aromatic N) is 1. The molecule has 0 unspecified atom stereocenters. The highest BCUT2D eigenvalue weighted by atomic mass is 79.9. The Bertz CT molecular complexity index is 318. The fraction of sp³-hybridized carbons (Fsp3) is 0.444. The van der Waals surface area contributed by atoms with Gasteiger partial charge in [-0.1, -0.05) is 0 Å². The van der Waals surface area contributed by atoms with Gasteiger partial charge in [-0.3, -0.25) is 0 Å². The molecule has 1 aromatic rings. The lowest BCUT2D eigenvalue weighted by atomic mass is 10.2. The summed E-state index contributed by atoms with van der Waals surface area (Å²) < 4.78 is 11.0. The normalized spacial score (nSPS) is 10.0. The van der Waals surface area contributed by atoms with Crippen LogP contribution in [0, 0.1) is 0 Å². The second kappa shape index (κ2) is 5.17. The molecule has 1 heterocycles. The summed E-state index contributed by atoms with van der Waals surface area (Å²) in [7, 11) is 3.18. The molecule has 0 radical (unpaired) electrons. The van der Waals surface area contributed by atoms with Crippen LogP contribution in [-0.2, 0) is 6.42 Å². The first-order valence-corrected chi connectivity index (χ1v) is 4.99. The maximum Gasteiger partial charge on any atom is 0.228 e. The maximum atomic E-state index is 5.47. The number of rotatable bonds is 4. The molecule has 0 saturated carbocycles. The molecule has 4 nitrogen and oxygen atoms in total. The lowest BCUT2D eigenvalue weighted by molar-refractivity contribution is 0.379. The largest absolute Gasteiger partial charge is 0.495 e. The Balaban J connectivity index is 3.11. The Morgan fingerprint density at radius 2 is 2.14 bits per heavy atom. The predicted molar refractivity (Wildman–Crippen MR) is 57.8 cm³/mol. The number of nitrogens with two attached hydrogens (primary N) is 1. The number of hydrogen-bond acceptors (Lipinski definition) is 4. The molecule has 0 bridgehead atoms. The van der Waals surface area contributed by atoms with Crippen LogP contribution in [0.3, 0.4) is 0 Å². The molecule has 0 atom stereocenters. The molecule has 5 heteroatoms. The Kier molecular flexibility index (Phi) is 4.16. The van der Waals surface area contributed by atoms with E-state index >= 15 is 0 Å². The summed E-state index contributed by atoms with van der Waals surface area (Å²) in [5.41, 5.74) is 6.28. The lowest BCUT2D eigenvalue weighted by Gasteiger charge is -2.09. The van der Waals surface area contributed by atoms with Gasteiger partial charge < -0.3 is 15.2 Å². The lowest BCUT2D eigenvalue weighted by Crippen LogP contribution is -2.07. The maximum absolute atomic E-state index is 5.47. The van der Waals surface area contributed by atoms with Crippen molar-refractivity contribution >= 4 is 15.9 Å². The summed E-state index contributed by atoms with van der Waals surface area (Å²) in [6.45, 7) is 0.536. The molecular weight excluding hydrogens is 248 g/mol. The summed E-state index contributed by atoms with van der Waals surface area (Å²) in [4.78, 5) is 4.28. The van der Waals surface area contributed by atoms with E-state index in [1.54, 1.807) is 14.2 Å². The monoisotopic (exact) mass is 260 g/mol. The van der Waals surface area contributed by atoms with Gasteiger partial charge >= 0.3 is 0 Å². The van der Waals surface area contributed by atoms with Gasteiger partial charge in [0.25, 0.3) is 0 Å². The molecule has 0 aromatic carbocycles. The summed E-state index contributed by atoms with van der Waals surface area (Å²) in [5, 5.41) is 0. The minimum absolute atomic E-state index is 0.536. The van der Waals surface area contributed by atoms with Gasteiger partial charge in [0, 0.05) is 12.5 Å². The van der Waals surface area contributed by atoms with E-state index in [1.807, 2.05) is 6.07 Å². The first-order valence-electron chi connectivity index (χ1n) is 4.20. The molecule has 0 amide bonds. The second-order valence-corrected chi connectivity index (χ2v) is 3.52. The topological polar surface area (TPSA) is 57.4 Å². The fourth-order valence-corrected chi connectivity index (χ4v) is 1.59. The number of halogens is 1. The van der Waals surface area contributed by atoms with Crippen molar-refractivity contribution in [3.8, 4) is 11.6 Å². The molecule has 0 aliphatic rings. The van der Waals surface area contributed by atoms with Gasteiger partial charge in [-0.2, -0.15) is 0 Å². The zero-order valence-corrected chi connectivity index (χ0v) is 9.80. The molecule has 78 valence electrons. The van der Waals surface area contributed by atoms with Crippen LogP contribution in [0.25, 0.3) is 0 Å². The minimum Gasteiger partial charge on any atom is -0.495 e. The molecule has 0 spiro atoms. The average Bonchev–Trinajstić information content (AvgIpc) is 2.20. The van der Waals surface area contributed by atoms with Crippen LogP contribution in [0.15, 0.2) is 10.5 Å². The summed E-state index contributed by atoms with van der Waals surface area (Å²) >= 11 is 3.33. The third kappa shape index (κ3) is 2.36. The van der Waals surface area contributed by atoms with Gasteiger partial charge in [0.15, 0.2) is 0 Å². The Morgan fingerprint density at radius 1 is 1.43 bits per heavy atom. The van der Waals surface area contributed by atoms with Gasteiger partial charge in [-0.25, -0.2) is 4.98 Å². The van der Waals surface area contributed by atoms with Crippen molar-refractivity contribution in [2.75, 3.05) is 20.8 Å². The Labute approximate surface area is 91.5 Å². The molecule has 0 saturated heterocycles. The molecule has 2 N–H and O–H groups in total. The Morgan fingerprint density at radius 3 is 2.64 bits per heavy atom. The van der Waals surface area contributed by atoms with E-state index < -0.39 is 0 Å². The standard InChI is InChI=1S/C9H13BrN2O2/c1-13-8-5-6(10)9(14-2)12-7(8)3-4-11/h5H,3-4,11H2,1-2H3. The minimum atomic E-state index is 0.536. The van der Waals surface area contributed by atoms with Gasteiger partial charge in [0.2, 0.25) is 5.88 Å². The van der Waals surface area contributed by atoms with Crippen LogP contribution in [-0.4, -0.2) is 25.7 Å². The highest BCUT2D eigenvalue weighted by molar-refractivity contribution is 9.10. The van der Waals surface area contributed by atoms with Crippen molar-refractivity contribution in [1.29, 1.82) is 0 Å². The van der Waals surface area contributed by atoms with E-state index in [-0.39, 0.29) is 0 Å². The predicted octanol–water partition coefficient (Wildman–Crippen LogP) is 1.36. The number of hydrogen-bond donors (Lipinski definition) is 1. The third-order valence-electron chi connectivity index (χ3n) is 1.78. The highest BCUT2D eigenvalue weighted by Crippen LogP contribution is 2.29. The van der Waals surface area contributed by atoms with E-state index in [0.717, 1.165) is 15.9 Å². The van der Waals surface area contributed by atoms with Crippen molar-refractivity contribution < 1.29 is 9.47 Å². The van der Waals surface area contributed by atoms with Crippen molar-refractivity contribution in [3.63, 3.8) is 0 Å². The van der Waals surface area contributed by atoms with Crippen LogP contribution in [0.5, 0.6) is 11.6 Å². The summed E-state index contributed by atoms with van der Waals surface area (Å²) in [6.07, 6.45) is 0.673. The van der Waals surface area contributed by atoms with Crippen LogP contribution >= 0.6 is 15.9 Å². The van der Waals surface area contributed by atoms with Gasteiger partial charge in [0.05, 0.1) is 24.4 Å². The van der Waals surface area contributed by atoms with Crippen molar-refractivity contribution in [1.82, 2.24) is 4.98 Å². The SMILES string of the molecule is COc1cc(Br)c(OC)nc1CCN. The van der Waals surface area contributed by atoms with Crippen LogP contribution < -0.4 is 15.2 Å². The Hall–Kier alpha value is -0.810. The first-order chi connectivity index (χ1) is 6.72. The number of ether oxygens (including phenoxy) is 2. The zero-order valence-electron chi connectivity index (χ0n) is 8.21. The van der Waals surface area contributed by atoms with Crippen LogP contribution in [0.4, 0.5) is 0 Å². The van der Waals surface area contributed by atoms with E-state index in [9.17, 15) is 0 Å². The molecule has 14 heavy (non-hydrogen) atoms. The van der Waals surface area contributed by atoms with Crippen molar-refractivity contribution in [2.45, 2.75) is 6.42 Å². The summed E-state index contributed by atoms with van der Waals surface area (Å²) in [6, 6.07) is 1.83. The molecule has 1 rings (SSSR count). The average molecular weight is 261 g/mol. The quantitative estimate of drug-likeness (QED) is 0.889. The first kappa shape index (κ1) is 11.3. The van der Waals surface area contributed by atoms with E-state index in [1.165, 1.54) is 0 Å². The molecule has 0 fully saturated rings. The highest BCUT2D eigenvalue weighted by Gasteiger charge is 2.10. The summed E-state index contributed by atoms with van der Waals surface area (Å²) in [5.74, 6) is 1.28. The fourth-order valence-electron chi connectivity index (χ4n) is 1.13. The van der Waals surface area contributed by atoms with Crippen molar-refractivity contribution in [2.24, 2.45) is 5.73 Å². The van der Waals surface area contributed by atoms with E-state index in [2.05, 4.69) is 20.9 Å². The van der Waals surface area contributed by atoms with Gasteiger partial charge in [0.1, 0.15) is 5.75 Å².